The molecule has 1 aliphatic heterocycles. The van der Waals surface area contributed by atoms with Crippen molar-refractivity contribution in [3.05, 3.63) is 108 Å². The van der Waals surface area contributed by atoms with Gasteiger partial charge in [0, 0.05) is 6.08 Å². The number of benzene rings is 3. The number of cyclic esters (lactones) is 1. The molecule has 2 atom stereocenters. The largest absolute Gasteiger partial charge is 0.497 e. The molecule has 5 heteroatoms. The smallest absolute Gasteiger partial charge is 0.418 e. The number of hydrogen-bond acceptors (Lipinski definition) is 4. The van der Waals surface area contributed by atoms with Crippen molar-refractivity contribution in [2.24, 2.45) is 0 Å². The Bertz CT molecular complexity index is 1060. The maximum Gasteiger partial charge on any atom is 0.418 e. The van der Waals surface area contributed by atoms with Gasteiger partial charge in [0.2, 0.25) is 0 Å². The summed E-state index contributed by atoms with van der Waals surface area (Å²) < 4.78 is 10.9. The van der Waals surface area contributed by atoms with Crippen LogP contribution in [0.15, 0.2) is 91.0 Å². The van der Waals surface area contributed by atoms with Crippen LogP contribution in [0.5, 0.6) is 5.75 Å². The number of imide groups is 1. The summed E-state index contributed by atoms with van der Waals surface area (Å²) in [5.41, 5.74) is 2.47. The lowest BCUT2D eigenvalue weighted by atomic mass is 9.95. The number of rotatable bonds is 5. The first-order chi connectivity index (χ1) is 14.7. The lowest BCUT2D eigenvalue weighted by Crippen LogP contribution is -2.33. The van der Waals surface area contributed by atoms with Crippen molar-refractivity contribution >= 4 is 18.1 Å². The van der Waals surface area contributed by atoms with E-state index in [2.05, 4.69) is 0 Å². The van der Waals surface area contributed by atoms with E-state index in [-0.39, 0.29) is 0 Å². The van der Waals surface area contributed by atoms with E-state index in [1.807, 2.05) is 84.9 Å². The molecule has 0 saturated carbocycles. The van der Waals surface area contributed by atoms with Crippen molar-refractivity contribution in [1.29, 1.82) is 0 Å². The third kappa shape index (κ3) is 3.96. The van der Waals surface area contributed by atoms with E-state index in [1.165, 1.54) is 11.0 Å². The fourth-order valence-electron chi connectivity index (χ4n) is 3.57. The minimum atomic E-state index is -0.655. The average molecular weight is 399 g/mol. The van der Waals surface area contributed by atoms with Gasteiger partial charge < -0.3 is 9.47 Å². The minimum absolute atomic E-state index is 0.435. The van der Waals surface area contributed by atoms with Crippen LogP contribution in [0.2, 0.25) is 0 Å². The lowest BCUT2D eigenvalue weighted by molar-refractivity contribution is -0.124. The number of ether oxygens (including phenoxy) is 2. The average Bonchev–Trinajstić information content (AvgIpc) is 3.16. The predicted octanol–water partition coefficient (Wildman–Crippen LogP) is 5.17. The Hall–Kier alpha value is -3.86. The number of carbonyl (C=O) groups excluding carboxylic acids is 2. The second-order valence-corrected chi connectivity index (χ2v) is 6.89. The maximum absolute atomic E-state index is 13.1. The SMILES string of the molecule is COc1cccc(/C=C/C(=O)N2C(=O)O[C@@H](c3ccccc3)[C@H]2c2ccccc2)c1. The van der Waals surface area contributed by atoms with Gasteiger partial charge in [-0.05, 0) is 34.9 Å². The number of amides is 2. The Morgan fingerprint density at radius 2 is 1.60 bits per heavy atom. The van der Waals surface area contributed by atoms with Crippen LogP contribution in [0.1, 0.15) is 28.8 Å². The topological polar surface area (TPSA) is 55.8 Å². The van der Waals surface area contributed by atoms with Gasteiger partial charge in [-0.3, -0.25) is 4.79 Å². The minimum Gasteiger partial charge on any atom is -0.497 e. The van der Waals surface area contributed by atoms with E-state index in [4.69, 9.17) is 9.47 Å². The molecule has 1 saturated heterocycles. The zero-order valence-electron chi connectivity index (χ0n) is 16.5. The van der Waals surface area contributed by atoms with Gasteiger partial charge in [0.1, 0.15) is 11.8 Å². The summed E-state index contributed by atoms with van der Waals surface area (Å²) in [4.78, 5) is 27.0. The zero-order chi connectivity index (χ0) is 20.9. The Morgan fingerprint density at radius 3 is 2.27 bits per heavy atom. The molecular formula is C25H21NO4. The molecule has 0 radical (unpaired) electrons. The molecule has 0 spiro atoms. The van der Waals surface area contributed by atoms with Gasteiger partial charge in [-0.15, -0.1) is 0 Å². The normalized spacial score (nSPS) is 18.4. The molecule has 3 aromatic rings. The van der Waals surface area contributed by atoms with Crippen molar-refractivity contribution in [1.82, 2.24) is 4.90 Å². The second kappa shape index (κ2) is 8.66. The van der Waals surface area contributed by atoms with Crippen molar-refractivity contribution in [3.8, 4) is 5.75 Å². The van der Waals surface area contributed by atoms with E-state index in [9.17, 15) is 9.59 Å². The van der Waals surface area contributed by atoms with E-state index < -0.39 is 24.1 Å². The van der Waals surface area contributed by atoms with Gasteiger partial charge >= 0.3 is 6.09 Å². The summed E-state index contributed by atoms with van der Waals surface area (Å²) in [6.07, 6.45) is 1.82. The van der Waals surface area contributed by atoms with Gasteiger partial charge in [0.25, 0.3) is 5.91 Å². The summed E-state index contributed by atoms with van der Waals surface area (Å²) in [6, 6.07) is 25.7. The Kier molecular flexibility index (Phi) is 5.61. The van der Waals surface area contributed by atoms with Gasteiger partial charge in [0.05, 0.1) is 7.11 Å². The number of carbonyl (C=O) groups is 2. The molecule has 0 aliphatic carbocycles. The fourth-order valence-corrected chi connectivity index (χ4v) is 3.57. The summed E-state index contributed by atoms with van der Waals surface area (Å²) in [5.74, 6) is 0.256. The molecular weight excluding hydrogens is 378 g/mol. The van der Waals surface area contributed by atoms with Crippen LogP contribution in [-0.2, 0) is 9.53 Å². The van der Waals surface area contributed by atoms with Crippen LogP contribution in [0.25, 0.3) is 6.08 Å². The summed E-state index contributed by atoms with van der Waals surface area (Å²) >= 11 is 0. The van der Waals surface area contributed by atoms with E-state index in [0.29, 0.717) is 5.75 Å². The van der Waals surface area contributed by atoms with Crippen molar-refractivity contribution in [2.45, 2.75) is 12.1 Å². The monoisotopic (exact) mass is 399 g/mol. The molecule has 1 heterocycles. The Labute approximate surface area is 175 Å². The highest BCUT2D eigenvalue weighted by atomic mass is 16.6. The zero-order valence-corrected chi connectivity index (χ0v) is 16.5. The molecule has 0 aromatic heterocycles. The summed E-state index contributed by atoms with van der Waals surface area (Å²) in [7, 11) is 1.59. The number of methoxy groups -OCH3 is 1. The van der Waals surface area contributed by atoms with Gasteiger partial charge in [-0.1, -0.05) is 72.8 Å². The molecule has 4 rings (SSSR count). The molecule has 0 unspecified atom stereocenters. The van der Waals surface area contributed by atoms with Crippen LogP contribution in [-0.4, -0.2) is 24.0 Å². The van der Waals surface area contributed by atoms with Crippen LogP contribution in [0, 0.1) is 0 Å². The highest BCUT2D eigenvalue weighted by Gasteiger charge is 2.46. The van der Waals surface area contributed by atoms with Crippen LogP contribution in [0.4, 0.5) is 4.79 Å². The van der Waals surface area contributed by atoms with Gasteiger partial charge in [-0.25, -0.2) is 9.69 Å². The van der Waals surface area contributed by atoms with Gasteiger partial charge in [0.15, 0.2) is 6.10 Å². The maximum atomic E-state index is 13.1. The number of nitrogens with zero attached hydrogens (tertiary/aromatic N) is 1. The van der Waals surface area contributed by atoms with Crippen LogP contribution < -0.4 is 4.74 Å². The predicted molar refractivity (Wildman–Crippen MR) is 114 cm³/mol. The second-order valence-electron chi connectivity index (χ2n) is 6.89. The molecule has 150 valence electrons. The molecule has 1 aliphatic rings. The quantitative estimate of drug-likeness (QED) is 0.556. The first-order valence-electron chi connectivity index (χ1n) is 9.63. The summed E-state index contributed by atoms with van der Waals surface area (Å²) in [5, 5.41) is 0. The summed E-state index contributed by atoms with van der Waals surface area (Å²) in [6.45, 7) is 0. The van der Waals surface area contributed by atoms with E-state index >= 15 is 0 Å². The molecule has 3 aromatic carbocycles. The highest BCUT2D eigenvalue weighted by Crippen LogP contribution is 2.43. The Balaban J connectivity index is 1.67. The van der Waals surface area contributed by atoms with E-state index in [1.54, 1.807) is 13.2 Å². The van der Waals surface area contributed by atoms with Crippen molar-refractivity contribution in [2.75, 3.05) is 7.11 Å². The first kappa shape index (κ1) is 19.5. The van der Waals surface area contributed by atoms with Crippen molar-refractivity contribution < 1.29 is 19.1 Å². The van der Waals surface area contributed by atoms with E-state index in [0.717, 1.165) is 16.7 Å². The molecule has 30 heavy (non-hydrogen) atoms. The number of hydrogen-bond donors (Lipinski definition) is 0. The van der Waals surface area contributed by atoms with Crippen molar-refractivity contribution in [3.63, 3.8) is 0 Å². The standard InChI is InChI=1S/C25H21NO4/c1-29-21-14-8-9-18(17-21)15-16-22(27)26-23(19-10-4-2-5-11-19)24(30-25(26)28)20-12-6-3-7-13-20/h2-17,23-24H,1H3/b16-15+/t23-,24+/m1/s1. The lowest BCUT2D eigenvalue weighted by Gasteiger charge is -2.23. The molecule has 2 amide bonds. The van der Waals surface area contributed by atoms with Gasteiger partial charge in [-0.2, -0.15) is 0 Å². The first-order valence-corrected chi connectivity index (χ1v) is 9.63. The van der Waals surface area contributed by atoms with Crippen LogP contribution in [0.3, 0.4) is 0 Å². The molecule has 1 fully saturated rings. The Morgan fingerprint density at radius 1 is 0.933 bits per heavy atom. The molecule has 5 nitrogen and oxygen atoms in total. The third-order valence-electron chi connectivity index (χ3n) is 5.01. The highest BCUT2D eigenvalue weighted by molar-refractivity contribution is 6.02. The van der Waals surface area contributed by atoms with Crippen LogP contribution >= 0.6 is 0 Å². The fraction of sp³-hybridized carbons (Fsp3) is 0.120. The third-order valence-corrected chi connectivity index (χ3v) is 5.01. The molecule has 0 bridgehead atoms. The molecule has 0 N–H and O–H groups in total.